The van der Waals surface area contributed by atoms with Gasteiger partial charge >= 0.3 is 0 Å². The molecule has 0 amide bonds. The van der Waals surface area contributed by atoms with Crippen LogP contribution in [0.1, 0.15) is 0 Å². The van der Waals surface area contributed by atoms with Crippen molar-refractivity contribution < 1.29 is 0 Å². The molecule has 0 bridgehead atoms. The molecule has 4 heteroatoms. The van der Waals surface area contributed by atoms with Crippen LogP contribution in [0.25, 0.3) is 11.0 Å². The molecule has 0 fully saturated rings. The van der Waals surface area contributed by atoms with E-state index in [1.807, 2.05) is 6.33 Å². The van der Waals surface area contributed by atoms with Crippen LogP contribution in [0.2, 0.25) is 0 Å². The van der Waals surface area contributed by atoms with Crippen molar-refractivity contribution in [3.63, 3.8) is 0 Å². The van der Waals surface area contributed by atoms with E-state index in [0.29, 0.717) is 0 Å². The molecule has 1 aromatic heterocycles. The molecule has 0 unspecified atom stereocenters. The molecule has 0 aliphatic rings. The number of hydrogen-bond donors (Lipinski definition) is 0. The number of imidazole rings is 1. The third kappa shape index (κ3) is 4.40. The normalized spacial score (nSPS) is 11.4. The van der Waals surface area contributed by atoms with Crippen LogP contribution in [0.3, 0.4) is 0 Å². The summed E-state index contributed by atoms with van der Waals surface area (Å²) in [6.45, 7) is 0. The first-order valence-corrected chi connectivity index (χ1v) is 14.7. The number of aryl methyl sites for hydroxylation is 1. The molecular formula is C32H26N2P2. The van der Waals surface area contributed by atoms with Gasteiger partial charge in [-0.15, -0.1) is 0 Å². The van der Waals surface area contributed by atoms with Crippen molar-refractivity contribution >= 4 is 58.7 Å². The molecular weight excluding hydrogens is 474 g/mol. The zero-order valence-corrected chi connectivity index (χ0v) is 21.9. The maximum atomic E-state index is 4.78. The molecule has 1 heterocycles. The predicted octanol–water partition coefficient (Wildman–Crippen LogP) is 5.09. The van der Waals surface area contributed by atoms with Crippen LogP contribution >= 0.6 is 15.8 Å². The van der Waals surface area contributed by atoms with E-state index >= 15 is 0 Å². The Morgan fingerprint density at radius 3 is 1.25 bits per heavy atom. The van der Waals surface area contributed by atoms with Crippen LogP contribution in [0.15, 0.2) is 140 Å². The Morgan fingerprint density at radius 2 is 0.861 bits per heavy atom. The molecule has 0 aliphatic heterocycles. The molecule has 0 saturated carbocycles. The highest BCUT2D eigenvalue weighted by atomic mass is 31.1. The number of benzene rings is 5. The molecule has 5 aromatic carbocycles. The van der Waals surface area contributed by atoms with Crippen molar-refractivity contribution in [2.75, 3.05) is 0 Å². The van der Waals surface area contributed by atoms with Crippen molar-refractivity contribution in [1.82, 2.24) is 9.55 Å². The summed E-state index contributed by atoms with van der Waals surface area (Å²) in [6.07, 6.45) is 1.93. The average Bonchev–Trinajstić information content (AvgIpc) is 3.31. The second-order valence-corrected chi connectivity index (χ2v) is 13.1. The van der Waals surface area contributed by atoms with Gasteiger partial charge in [-0.25, -0.2) is 4.98 Å². The van der Waals surface area contributed by atoms with Gasteiger partial charge < -0.3 is 4.57 Å². The summed E-state index contributed by atoms with van der Waals surface area (Å²) < 4.78 is 2.14. The van der Waals surface area contributed by atoms with E-state index in [-0.39, 0.29) is 0 Å². The number of rotatable bonds is 6. The molecule has 174 valence electrons. The molecule has 0 aliphatic carbocycles. The SMILES string of the molecule is Cn1cnc2cc(P(c3ccccc3)c3ccccc3)c(P(c3ccccc3)c3ccccc3)cc21. The summed E-state index contributed by atoms with van der Waals surface area (Å²) in [6, 6.07) is 48.7. The first-order valence-electron chi connectivity index (χ1n) is 12.0. The number of hydrogen-bond acceptors (Lipinski definition) is 1. The molecule has 6 rings (SSSR count). The van der Waals surface area contributed by atoms with Gasteiger partial charge in [0.1, 0.15) is 0 Å². The van der Waals surface area contributed by atoms with E-state index in [1.54, 1.807) is 0 Å². The second kappa shape index (κ2) is 10.2. The van der Waals surface area contributed by atoms with Gasteiger partial charge in [0, 0.05) is 7.05 Å². The summed E-state index contributed by atoms with van der Waals surface area (Å²) in [5, 5.41) is 8.21. The van der Waals surface area contributed by atoms with Gasteiger partial charge in [0.15, 0.2) is 0 Å². The van der Waals surface area contributed by atoms with E-state index in [1.165, 1.54) is 37.3 Å². The highest BCUT2D eigenvalue weighted by molar-refractivity contribution is 7.85. The highest BCUT2D eigenvalue weighted by Crippen LogP contribution is 2.40. The topological polar surface area (TPSA) is 17.8 Å². The zero-order valence-electron chi connectivity index (χ0n) is 20.1. The summed E-state index contributed by atoms with van der Waals surface area (Å²) in [4.78, 5) is 4.78. The Labute approximate surface area is 214 Å². The van der Waals surface area contributed by atoms with E-state index in [9.17, 15) is 0 Å². The summed E-state index contributed by atoms with van der Waals surface area (Å²) in [5.41, 5.74) is 2.22. The summed E-state index contributed by atoms with van der Waals surface area (Å²) in [5.74, 6) is 0. The van der Waals surface area contributed by atoms with Crippen LogP contribution in [-0.2, 0) is 7.05 Å². The summed E-state index contributed by atoms with van der Waals surface area (Å²) >= 11 is 0. The van der Waals surface area contributed by atoms with Gasteiger partial charge in [-0.1, -0.05) is 121 Å². The van der Waals surface area contributed by atoms with E-state index in [2.05, 4.69) is 145 Å². The molecule has 6 aromatic rings. The monoisotopic (exact) mass is 500 g/mol. The fraction of sp³-hybridized carbons (Fsp3) is 0.0312. The molecule has 36 heavy (non-hydrogen) atoms. The van der Waals surface area contributed by atoms with Crippen LogP contribution in [0.5, 0.6) is 0 Å². The van der Waals surface area contributed by atoms with Gasteiger partial charge in [-0.2, -0.15) is 0 Å². The highest BCUT2D eigenvalue weighted by Gasteiger charge is 2.27. The Kier molecular flexibility index (Phi) is 6.48. The number of fused-ring (bicyclic) bond motifs is 1. The number of aromatic nitrogens is 2. The lowest BCUT2D eigenvalue weighted by atomic mass is 10.3. The van der Waals surface area contributed by atoms with Crippen LogP contribution < -0.4 is 31.8 Å². The third-order valence-electron chi connectivity index (χ3n) is 6.36. The Bertz CT molecular complexity index is 1500. The van der Waals surface area contributed by atoms with Crippen LogP contribution in [0, 0.1) is 0 Å². The van der Waals surface area contributed by atoms with Crippen LogP contribution in [-0.4, -0.2) is 9.55 Å². The lowest BCUT2D eigenvalue weighted by molar-refractivity contribution is 0.948. The van der Waals surface area contributed by atoms with E-state index in [0.717, 1.165) is 5.52 Å². The largest absolute Gasteiger partial charge is 0.334 e. The Morgan fingerprint density at radius 1 is 0.500 bits per heavy atom. The van der Waals surface area contributed by atoms with Crippen molar-refractivity contribution in [3.8, 4) is 0 Å². The standard InChI is InChI=1S/C32H26N2P2/c1-34-24-33-29-22-31(35(25-14-6-2-7-15-25)26-16-8-3-9-17-26)32(23-30(29)34)36(27-18-10-4-11-19-27)28-20-12-5-13-21-28/h2-24H,1H3. The first-order chi connectivity index (χ1) is 17.8. The van der Waals surface area contributed by atoms with Crippen LogP contribution in [0.4, 0.5) is 0 Å². The smallest absolute Gasteiger partial charge is 0.0955 e. The fourth-order valence-electron chi connectivity index (χ4n) is 4.67. The second-order valence-electron chi connectivity index (χ2n) is 8.70. The Balaban J connectivity index is 1.69. The molecule has 0 spiro atoms. The molecule has 0 N–H and O–H groups in total. The van der Waals surface area contributed by atoms with Crippen molar-refractivity contribution in [3.05, 3.63) is 140 Å². The fourth-order valence-corrected chi connectivity index (χ4v) is 9.95. The maximum Gasteiger partial charge on any atom is 0.0955 e. The Hall–Kier alpha value is -3.57. The van der Waals surface area contributed by atoms with Gasteiger partial charge in [-0.3, -0.25) is 0 Å². The van der Waals surface area contributed by atoms with Crippen molar-refractivity contribution in [2.45, 2.75) is 0 Å². The molecule has 0 radical (unpaired) electrons. The minimum atomic E-state index is -0.777. The third-order valence-corrected chi connectivity index (χ3v) is 11.5. The van der Waals surface area contributed by atoms with Gasteiger partial charge in [-0.05, 0) is 59.8 Å². The minimum absolute atomic E-state index is 0.772. The van der Waals surface area contributed by atoms with E-state index < -0.39 is 15.8 Å². The average molecular weight is 501 g/mol. The molecule has 0 atom stereocenters. The maximum absolute atomic E-state index is 4.78. The molecule has 2 nitrogen and oxygen atoms in total. The predicted molar refractivity (Wildman–Crippen MR) is 158 cm³/mol. The minimum Gasteiger partial charge on any atom is -0.334 e. The lowest BCUT2D eigenvalue weighted by Gasteiger charge is -2.27. The van der Waals surface area contributed by atoms with Crippen molar-refractivity contribution in [1.29, 1.82) is 0 Å². The van der Waals surface area contributed by atoms with Gasteiger partial charge in [0.25, 0.3) is 0 Å². The first kappa shape index (κ1) is 22.9. The molecule has 0 saturated heterocycles. The zero-order chi connectivity index (χ0) is 24.3. The lowest BCUT2D eigenvalue weighted by Crippen LogP contribution is -2.34. The van der Waals surface area contributed by atoms with Gasteiger partial charge in [0.05, 0.1) is 17.4 Å². The van der Waals surface area contributed by atoms with Gasteiger partial charge in [0.2, 0.25) is 0 Å². The number of nitrogens with zero attached hydrogens (tertiary/aromatic N) is 2. The quantitative estimate of drug-likeness (QED) is 0.292. The van der Waals surface area contributed by atoms with E-state index in [4.69, 9.17) is 4.98 Å². The van der Waals surface area contributed by atoms with Crippen molar-refractivity contribution in [2.24, 2.45) is 7.05 Å². The summed E-state index contributed by atoms with van der Waals surface area (Å²) in [7, 11) is 0.538.